The molecular formula is C19H30ClN. The number of nitrogens with one attached hydrogen (secondary N) is 1. The average molecular weight is 308 g/mol. The first-order chi connectivity index (χ1) is 10.0. The summed E-state index contributed by atoms with van der Waals surface area (Å²) in [6, 6.07) is 9.43. The second kappa shape index (κ2) is 7.65. The predicted octanol–water partition coefficient (Wildman–Crippen LogP) is 5.84. The van der Waals surface area contributed by atoms with E-state index in [9.17, 15) is 0 Å². The number of hydrogen-bond donors (Lipinski definition) is 1. The van der Waals surface area contributed by atoms with Crippen molar-refractivity contribution in [2.24, 2.45) is 17.8 Å². The zero-order chi connectivity index (χ0) is 15.4. The Morgan fingerprint density at radius 3 is 2.43 bits per heavy atom. The summed E-state index contributed by atoms with van der Waals surface area (Å²) in [5.74, 6) is 2.42. The molecule has 0 saturated heterocycles. The van der Waals surface area contributed by atoms with Crippen molar-refractivity contribution < 1.29 is 0 Å². The van der Waals surface area contributed by atoms with Crippen LogP contribution in [0.2, 0.25) is 5.02 Å². The van der Waals surface area contributed by atoms with Crippen LogP contribution in [-0.2, 0) is 0 Å². The highest BCUT2D eigenvalue weighted by Gasteiger charge is 2.31. The van der Waals surface area contributed by atoms with Gasteiger partial charge in [-0.2, -0.15) is 0 Å². The molecule has 0 spiro atoms. The monoisotopic (exact) mass is 307 g/mol. The smallest absolute Gasteiger partial charge is 0.0406 e. The van der Waals surface area contributed by atoms with E-state index in [1.54, 1.807) is 0 Å². The van der Waals surface area contributed by atoms with Crippen LogP contribution in [0.15, 0.2) is 24.3 Å². The maximum Gasteiger partial charge on any atom is 0.0406 e. The van der Waals surface area contributed by atoms with E-state index in [1.807, 2.05) is 12.1 Å². The molecule has 0 amide bonds. The number of rotatable bonds is 5. The van der Waals surface area contributed by atoms with Gasteiger partial charge < -0.3 is 5.32 Å². The normalized spacial score (nSPS) is 27.8. The van der Waals surface area contributed by atoms with Gasteiger partial charge in [-0.3, -0.25) is 0 Å². The predicted molar refractivity (Wildman–Crippen MR) is 92.8 cm³/mol. The fraction of sp³-hybridized carbons (Fsp3) is 0.684. The fourth-order valence-electron chi connectivity index (χ4n) is 3.80. The fourth-order valence-corrected chi connectivity index (χ4v) is 3.92. The zero-order valence-corrected chi connectivity index (χ0v) is 14.7. The first-order valence-electron chi connectivity index (χ1n) is 8.52. The molecule has 1 aromatic carbocycles. The lowest BCUT2D eigenvalue weighted by atomic mass is 9.73. The Balaban J connectivity index is 2.09. The topological polar surface area (TPSA) is 12.0 Å². The highest BCUT2D eigenvalue weighted by Crippen LogP contribution is 2.35. The third-order valence-electron chi connectivity index (χ3n) is 5.12. The molecule has 1 nitrogen and oxygen atoms in total. The number of benzene rings is 1. The van der Waals surface area contributed by atoms with Crippen LogP contribution >= 0.6 is 11.6 Å². The third-order valence-corrected chi connectivity index (χ3v) is 5.37. The Bertz CT molecular complexity index is 426. The summed E-state index contributed by atoms with van der Waals surface area (Å²) in [7, 11) is 0. The van der Waals surface area contributed by atoms with Gasteiger partial charge in [0.1, 0.15) is 0 Å². The van der Waals surface area contributed by atoms with Crippen molar-refractivity contribution in [2.75, 3.05) is 0 Å². The lowest BCUT2D eigenvalue weighted by Gasteiger charge is -2.40. The minimum atomic E-state index is 0.443. The molecule has 118 valence electrons. The summed E-state index contributed by atoms with van der Waals surface area (Å²) in [6.45, 7) is 9.41. The largest absolute Gasteiger partial charge is 0.307 e. The third kappa shape index (κ3) is 4.47. The highest BCUT2D eigenvalue weighted by atomic mass is 35.5. The van der Waals surface area contributed by atoms with Crippen molar-refractivity contribution >= 4 is 11.6 Å². The standard InChI is InChI=1S/C19H30ClN/c1-5-18(15-7-9-16(20)10-8-15)21-19-12-14(4)6-11-17(19)13(2)3/h7-10,13-14,17-19,21H,5-6,11-12H2,1-4H3. The lowest BCUT2D eigenvalue weighted by molar-refractivity contribution is 0.158. The van der Waals surface area contributed by atoms with Crippen molar-refractivity contribution in [3.63, 3.8) is 0 Å². The van der Waals surface area contributed by atoms with Gasteiger partial charge in [0.25, 0.3) is 0 Å². The van der Waals surface area contributed by atoms with Gasteiger partial charge in [0.2, 0.25) is 0 Å². The van der Waals surface area contributed by atoms with Crippen molar-refractivity contribution in [1.82, 2.24) is 5.32 Å². The molecule has 1 fully saturated rings. The molecule has 1 aliphatic rings. The molecule has 1 aliphatic carbocycles. The van der Waals surface area contributed by atoms with Crippen LogP contribution in [0.1, 0.15) is 65.0 Å². The van der Waals surface area contributed by atoms with E-state index < -0.39 is 0 Å². The summed E-state index contributed by atoms with van der Waals surface area (Å²) in [6.07, 6.45) is 5.19. The molecule has 1 aromatic rings. The summed E-state index contributed by atoms with van der Waals surface area (Å²) >= 11 is 6.01. The van der Waals surface area contributed by atoms with Crippen molar-refractivity contribution in [1.29, 1.82) is 0 Å². The Morgan fingerprint density at radius 1 is 1.19 bits per heavy atom. The minimum absolute atomic E-state index is 0.443. The Hall–Kier alpha value is -0.530. The molecule has 2 rings (SSSR count). The maximum atomic E-state index is 6.01. The van der Waals surface area contributed by atoms with Crippen molar-refractivity contribution in [3.05, 3.63) is 34.9 Å². The molecule has 1 saturated carbocycles. The molecule has 1 N–H and O–H groups in total. The van der Waals surface area contributed by atoms with Gasteiger partial charge in [0.05, 0.1) is 0 Å². The van der Waals surface area contributed by atoms with E-state index in [-0.39, 0.29) is 0 Å². The molecule has 0 aliphatic heterocycles. The van der Waals surface area contributed by atoms with Crippen LogP contribution in [0.25, 0.3) is 0 Å². The van der Waals surface area contributed by atoms with E-state index in [1.165, 1.54) is 24.8 Å². The minimum Gasteiger partial charge on any atom is -0.307 e. The molecular weight excluding hydrogens is 278 g/mol. The molecule has 0 heterocycles. The van der Waals surface area contributed by atoms with Gasteiger partial charge in [0.15, 0.2) is 0 Å². The molecule has 0 aromatic heterocycles. The van der Waals surface area contributed by atoms with Gasteiger partial charge in [-0.25, -0.2) is 0 Å². The van der Waals surface area contributed by atoms with Crippen LogP contribution in [-0.4, -0.2) is 6.04 Å². The summed E-state index contributed by atoms with van der Waals surface area (Å²) in [4.78, 5) is 0. The summed E-state index contributed by atoms with van der Waals surface area (Å²) in [5.41, 5.74) is 1.36. The zero-order valence-electron chi connectivity index (χ0n) is 13.9. The summed E-state index contributed by atoms with van der Waals surface area (Å²) in [5, 5.41) is 4.78. The first-order valence-corrected chi connectivity index (χ1v) is 8.90. The van der Waals surface area contributed by atoms with E-state index in [4.69, 9.17) is 11.6 Å². The molecule has 0 radical (unpaired) electrons. The highest BCUT2D eigenvalue weighted by molar-refractivity contribution is 6.30. The van der Waals surface area contributed by atoms with Crippen molar-refractivity contribution in [2.45, 2.75) is 65.5 Å². The van der Waals surface area contributed by atoms with Gasteiger partial charge in [-0.15, -0.1) is 0 Å². The molecule has 21 heavy (non-hydrogen) atoms. The van der Waals surface area contributed by atoms with E-state index >= 15 is 0 Å². The van der Waals surface area contributed by atoms with E-state index in [0.717, 1.165) is 29.2 Å². The second-order valence-corrected chi connectivity index (χ2v) is 7.55. The van der Waals surface area contributed by atoms with Crippen LogP contribution in [0.3, 0.4) is 0 Å². The van der Waals surface area contributed by atoms with Gasteiger partial charge in [-0.1, -0.05) is 57.8 Å². The van der Waals surface area contributed by atoms with E-state index in [2.05, 4.69) is 45.1 Å². The average Bonchev–Trinajstić information content (AvgIpc) is 2.45. The quantitative estimate of drug-likeness (QED) is 0.720. The number of hydrogen-bond acceptors (Lipinski definition) is 1. The lowest BCUT2D eigenvalue weighted by Crippen LogP contribution is -2.44. The second-order valence-electron chi connectivity index (χ2n) is 7.11. The van der Waals surface area contributed by atoms with Crippen molar-refractivity contribution in [3.8, 4) is 0 Å². The first kappa shape index (κ1) is 16.8. The number of halogens is 1. The van der Waals surface area contributed by atoms with Gasteiger partial charge >= 0.3 is 0 Å². The summed E-state index contributed by atoms with van der Waals surface area (Å²) < 4.78 is 0. The van der Waals surface area contributed by atoms with Crippen LogP contribution < -0.4 is 5.32 Å². The van der Waals surface area contributed by atoms with Gasteiger partial charge in [-0.05, 0) is 54.7 Å². The van der Waals surface area contributed by atoms with Crippen LogP contribution in [0, 0.1) is 17.8 Å². The van der Waals surface area contributed by atoms with Crippen LogP contribution in [0.5, 0.6) is 0 Å². The Labute approximate surface area is 135 Å². The van der Waals surface area contributed by atoms with Crippen LogP contribution in [0.4, 0.5) is 0 Å². The van der Waals surface area contributed by atoms with Gasteiger partial charge in [0, 0.05) is 17.1 Å². The Morgan fingerprint density at radius 2 is 1.86 bits per heavy atom. The molecule has 2 heteroatoms. The molecule has 4 unspecified atom stereocenters. The SMILES string of the molecule is CCC(NC1CC(C)CCC1C(C)C)c1ccc(Cl)cc1. The molecule has 4 atom stereocenters. The van der Waals surface area contributed by atoms with E-state index in [0.29, 0.717) is 12.1 Å². The maximum absolute atomic E-state index is 6.01. The Kier molecular flexibility index (Phi) is 6.13. The molecule has 0 bridgehead atoms.